The molecule has 0 aromatic heterocycles. The lowest BCUT2D eigenvalue weighted by atomic mass is 9.82. The van der Waals surface area contributed by atoms with E-state index in [-0.39, 0.29) is 12.4 Å². The van der Waals surface area contributed by atoms with Crippen molar-refractivity contribution in [2.75, 3.05) is 18.5 Å². The molecule has 0 fully saturated rings. The van der Waals surface area contributed by atoms with Crippen LogP contribution in [0.3, 0.4) is 0 Å². The maximum Gasteiger partial charge on any atom is 0.194 e. The number of anilines is 1. The van der Waals surface area contributed by atoms with Crippen LogP contribution >= 0.6 is 0 Å². The Balaban J connectivity index is 2.06. The molecule has 22 heavy (non-hydrogen) atoms. The maximum absolute atomic E-state index is 12.8. The van der Waals surface area contributed by atoms with Crippen molar-refractivity contribution < 1.29 is 9.90 Å². The summed E-state index contributed by atoms with van der Waals surface area (Å²) in [4.78, 5) is 12.8. The summed E-state index contributed by atoms with van der Waals surface area (Å²) < 4.78 is 0. The molecular weight excluding hydrogens is 274 g/mol. The van der Waals surface area contributed by atoms with E-state index in [9.17, 15) is 4.79 Å². The molecule has 0 unspecified atom stereocenters. The van der Waals surface area contributed by atoms with E-state index in [0.717, 1.165) is 38.7 Å². The van der Waals surface area contributed by atoms with Crippen LogP contribution in [0.5, 0.6) is 0 Å². The first-order chi connectivity index (χ1) is 10.8. The smallest absolute Gasteiger partial charge is 0.194 e. The monoisotopic (exact) mass is 289 g/mol. The molecule has 0 atom stereocenters. The molecular formula is C19H15NO2. The maximum atomic E-state index is 12.8. The number of benzene rings is 3. The van der Waals surface area contributed by atoms with E-state index < -0.39 is 0 Å². The van der Waals surface area contributed by atoms with E-state index in [1.165, 1.54) is 0 Å². The Kier molecular flexibility index (Phi) is 2.94. The minimum atomic E-state index is 0.0741. The van der Waals surface area contributed by atoms with Gasteiger partial charge in [0.2, 0.25) is 0 Å². The van der Waals surface area contributed by atoms with E-state index in [1.54, 1.807) is 0 Å². The summed E-state index contributed by atoms with van der Waals surface area (Å²) in [6.45, 7) is 0.563. The first-order valence-corrected chi connectivity index (χ1v) is 7.36. The predicted molar refractivity (Wildman–Crippen MR) is 88.4 cm³/mol. The lowest BCUT2D eigenvalue weighted by Gasteiger charge is -2.21. The lowest BCUT2D eigenvalue weighted by Crippen LogP contribution is -2.11. The van der Waals surface area contributed by atoms with Gasteiger partial charge in [-0.3, -0.25) is 4.79 Å². The van der Waals surface area contributed by atoms with Gasteiger partial charge in [0, 0.05) is 34.1 Å². The van der Waals surface area contributed by atoms with Gasteiger partial charge in [0.15, 0.2) is 5.78 Å². The molecule has 0 saturated carbocycles. The molecule has 108 valence electrons. The second kappa shape index (κ2) is 4.97. The van der Waals surface area contributed by atoms with Crippen LogP contribution in [0.2, 0.25) is 0 Å². The van der Waals surface area contributed by atoms with Crippen molar-refractivity contribution in [3.63, 3.8) is 0 Å². The highest BCUT2D eigenvalue weighted by Gasteiger charge is 2.25. The van der Waals surface area contributed by atoms with Crippen molar-refractivity contribution in [3.05, 3.63) is 65.7 Å². The Morgan fingerprint density at radius 2 is 1.59 bits per heavy atom. The molecule has 0 amide bonds. The molecule has 0 saturated heterocycles. The second-order valence-corrected chi connectivity index (χ2v) is 5.41. The largest absolute Gasteiger partial charge is 0.395 e. The second-order valence-electron chi connectivity index (χ2n) is 5.41. The zero-order valence-electron chi connectivity index (χ0n) is 12.0. The molecule has 3 nitrogen and oxygen atoms in total. The van der Waals surface area contributed by atoms with E-state index in [1.807, 2.05) is 48.5 Å². The van der Waals surface area contributed by atoms with Gasteiger partial charge in [-0.25, -0.2) is 0 Å². The van der Waals surface area contributed by atoms with Crippen LogP contribution in [0, 0.1) is 0 Å². The number of aliphatic hydroxyl groups is 1. The van der Waals surface area contributed by atoms with Gasteiger partial charge in [-0.2, -0.15) is 0 Å². The quantitative estimate of drug-likeness (QED) is 0.607. The fourth-order valence-electron chi connectivity index (χ4n) is 3.23. The summed E-state index contributed by atoms with van der Waals surface area (Å²) in [7, 11) is 0. The number of carbonyl (C=O) groups is 1. The van der Waals surface area contributed by atoms with Crippen molar-refractivity contribution in [1.82, 2.24) is 0 Å². The molecule has 1 aliphatic rings. The Labute approximate surface area is 128 Å². The number of aliphatic hydroxyl groups excluding tert-OH is 1. The van der Waals surface area contributed by atoms with Crippen LogP contribution in [0.25, 0.3) is 21.9 Å². The van der Waals surface area contributed by atoms with Crippen molar-refractivity contribution >= 4 is 22.2 Å². The van der Waals surface area contributed by atoms with E-state index in [4.69, 9.17) is 5.11 Å². The fraction of sp³-hybridized carbons (Fsp3) is 0.105. The molecule has 3 aromatic rings. The van der Waals surface area contributed by atoms with Crippen LogP contribution in [0.15, 0.2) is 54.6 Å². The Morgan fingerprint density at radius 1 is 0.818 bits per heavy atom. The van der Waals surface area contributed by atoms with Crippen molar-refractivity contribution in [2.45, 2.75) is 0 Å². The molecule has 4 rings (SSSR count). The average Bonchev–Trinajstić information content (AvgIpc) is 2.58. The number of ketones is 1. The van der Waals surface area contributed by atoms with Gasteiger partial charge in [0.25, 0.3) is 0 Å². The molecule has 1 aliphatic carbocycles. The summed E-state index contributed by atoms with van der Waals surface area (Å²) >= 11 is 0. The van der Waals surface area contributed by atoms with Crippen molar-refractivity contribution in [2.24, 2.45) is 0 Å². The first-order valence-electron chi connectivity index (χ1n) is 7.36. The van der Waals surface area contributed by atoms with Crippen LogP contribution in [-0.2, 0) is 0 Å². The third-order valence-corrected chi connectivity index (χ3v) is 4.17. The van der Waals surface area contributed by atoms with Crippen LogP contribution in [0.4, 0.5) is 5.69 Å². The van der Waals surface area contributed by atoms with E-state index >= 15 is 0 Å². The van der Waals surface area contributed by atoms with Crippen LogP contribution < -0.4 is 5.32 Å². The van der Waals surface area contributed by atoms with Gasteiger partial charge in [-0.05, 0) is 17.2 Å². The number of rotatable bonds is 3. The normalized spacial score (nSPS) is 12.3. The number of carbonyl (C=O) groups excluding carboxylic acids is 1. The summed E-state index contributed by atoms with van der Waals surface area (Å²) in [5, 5.41) is 14.3. The average molecular weight is 289 g/mol. The van der Waals surface area contributed by atoms with E-state index in [0.29, 0.717) is 6.54 Å². The molecule has 0 radical (unpaired) electrons. The molecule has 3 aromatic carbocycles. The number of hydrogen-bond acceptors (Lipinski definition) is 3. The molecule has 3 heteroatoms. The summed E-state index contributed by atoms with van der Waals surface area (Å²) in [5.74, 6) is 0.0769. The standard InChI is InChI=1S/C19H15NO2/c21-11-10-20-17-9-8-13-12-4-1-2-5-14(12)19(22)16-7-3-6-15(17)18(13)16/h1-9,20-21H,10-11H2. The minimum Gasteiger partial charge on any atom is -0.395 e. The predicted octanol–water partition coefficient (Wildman–Crippen LogP) is 3.46. The fourth-order valence-corrected chi connectivity index (χ4v) is 3.23. The SMILES string of the molecule is O=C1c2ccccc2-c2ccc(NCCO)c3cccc1c23. The Bertz CT molecular complexity index is 899. The Hall–Kier alpha value is -2.65. The summed E-state index contributed by atoms with van der Waals surface area (Å²) in [5.41, 5.74) is 4.54. The third-order valence-electron chi connectivity index (χ3n) is 4.17. The third kappa shape index (κ3) is 1.76. The van der Waals surface area contributed by atoms with Crippen molar-refractivity contribution in [1.29, 1.82) is 0 Å². The summed E-state index contributed by atoms with van der Waals surface area (Å²) in [6.07, 6.45) is 0. The van der Waals surface area contributed by atoms with Gasteiger partial charge in [0.1, 0.15) is 0 Å². The first kappa shape index (κ1) is 13.0. The lowest BCUT2D eigenvalue weighted by molar-refractivity contribution is 0.104. The van der Waals surface area contributed by atoms with Crippen molar-refractivity contribution in [3.8, 4) is 11.1 Å². The topological polar surface area (TPSA) is 49.3 Å². The van der Waals surface area contributed by atoms with Gasteiger partial charge in [-0.15, -0.1) is 0 Å². The van der Waals surface area contributed by atoms with Gasteiger partial charge in [0.05, 0.1) is 6.61 Å². The highest BCUT2D eigenvalue weighted by molar-refractivity contribution is 6.27. The highest BCUT2D eigenvalue weighted by atomic mass is 16.3. The van der Waals surface area contributed by atoms with Crippen LogP contribution in [-0.4, -0.2) is 24.0 Å². The molecule has 0 bridgehead atoms. The molecule has 0 aliphatic heterocycles. The molecule has 0 spiro atoms. The number of hydrogen-bond donors (Lipinski definition) is 2. The zero-order valence-corrected chi connectivity index (χ0v) is 12.0. The zero-order chi connectivity index (χ0) is 15.1. The van der Waals surface area contributed by atoms with Gasteiger partial charge >= 0.3 is 0 Å². The van der Waals surface area contributed by atoms with Crippen LogP contribution in [0.1, 0.15) is 15.9 Å². The van der Waals surface area contributed by atoms with E-state index in [2.05, 4.69) is 11.4 Å². The molecule has 0 heterocycles. The molecule has 2 N–H and O–H groups in total. The number of fused-ring (bicyclic) bond motifs is 2. The van der Waals surface area contributed by atoms with Gasteiger partial charge < -0.3 is 10.4 Å². The van der Waals surface area contributed by atoms with Gasteiger partial charge in [-0.1, -0.05) is 48.5 Å². The minimum absolute atomic E-state index is 0.0741. The Morgan fingerprint density at radius 3 is 2.41 bits per heavy atom. The number of nitrogens with one attached hydrogen (secondary N) is 1. The highest BCUT2D eigenvalue weighted by Crippen LogP contribution is 2.41. The summed E-state index contributed by atoms with van der Waals surface area (Å²) in [6, 6.07) is 17.6.